The van der Waals surface area contributed by atoms with E-state index in [1.54, 1.807) is 0 Å². The second-order valence-corrected chi connectivity index (χ2v) is 11.3. The SMILES string of the molecule is CCCCCN(CCCCC)C(=S)SCSC(=S)N(CCCCC)CCCCC. The first kappa shape index (κ1) is 29.5. The zero-order valence-corrected chi connectivity index (χ0v) is 22.8. The number of rotatable bonds is 18. The highest BCUT2D eigenvalue weighted by Gasteiger charge is 2.13. The Kier molecular flexibility index (Phi) is 22.1. The second-order valence-electron chi connectivity index (χ2n) is 7.74. The zero-order chi connectivity index (χ0) is 21.7. The van der Waals surface area contributed by atoms with Gasteiger partial charge in [0.05, 0.1) is 5.08 Å². The average Bonchev–Trinajstić information content (AvgIpc) is 2.71. The van der Waals surface area contributed by atoms with Gasteiger partial charge in [0.1, 0.15) is 8.64 Å². The minimum Gasteiger partial charge on any atom is -0.358 e. The summed E-state index contributed by atoms with van der Waals surface area (Å²) in [5.41, 5.74) is 0. The van der Waals surface area contributed by atoms with Crippen LogP contribution in [0, 0.1) is 0 Å². The Morgan fingerprint density at radius 2 is 0.793 bits per heavy atom. The molecule has 0 heterocycles. The molecule has 0 aromatic carbocycles. The average molecular weight is 479 g/mol. The predicted octanol–water partition coefficient (Wildman–Crippen LogP) is 8.34. The van der Waals surface area contributed by atoms with Crippen LogP contribution in [0.3, 0.4) is 0 Å². The van der Waals surface area contributed by atoms with Crippen LogP contribution in [-0.4, -0.2) is 49.7 Å². The summed E-state index contributed by atoms with van der Waals surface area (Å²) in [4.78, 5) is 4.88. The van der Waals surface area contributed by atoms with Crippen molar-refractivity contribution in [1.29, 1.82) is 0 Å². The molecular formula is C23H46N2S4. The molecule has 0 saturated carbocycles. The maximum Gasteiger partial charge on any atom is 0.137 e. The molecule has 172 valence electrons. The van der Waals surface area contributed by atoms with Gasteiger partial charge >= 0.3 is 0 Å². The molecule has 0 aromatic rings. The molecule has 0 rings (SSSR count). The molecule has 0 radical (unpaired) electrons. The topological polar surface area (TPSA) is 6.48 Å². The third kappa shape index (κ3) is 16.8. The fourth-order valence-electron chi connectivity index (χ4n) is 3.11. The van der Waals surface area contributed by atoms with Crippen LogP contribution in [0.4, 0.5) is 0 Å². The summed E-state index contributed by atoms with van der Waals surface area (Å²) in [5.74, 6) is 0. The largest absolute Gasteiger partial charge is 0.358 e. The molecule has 0 spiro atoms. The van der Waals surface area contributed by atoms with E-state index in [0.29, 0.717) is 0 Å². The van der Waals surface area contributed by atoms with Gasteiger partial charge < -0.3 is 9.80 Å². The van der Waals surface area contributed by atoms with Crippen molar-refractivity contribution in [3.63, 3.8) is 0 Å². The standard InChI is InChI=1S/C23H46N2S4/c1-5-9-13-17-24(18-14-10-6-2)22(26)28-21-29-23(27)25(19-15-11-7-3)20-16-12-8-4/h5-21H2,1-4H3. The van der Waals surface area contributed by atoms with E-state index in [1.165, 1.54) is 77.0 Å². The number of thioether (sulfide) groups is 2. The molecule has 0 fully saturated rings. The monoisotopic (exact) mass is 478 g/mol. The zero-order valence-electron chi connectivity index (χ0n) is 19.5. The molecular weight excluding hydrogens is 433 g/mol. The van der Waals surface area contributed by atoms with Crippen molar-refractivity contribution in [3.8, 4) is 0 Å². The molecule has 2 nitrogen and oxygen atoms in total. The lowest BCUT2D eigenvalue weighted by atomic mass is 10.2. The summed E-state index contributed by atoms with van der Waals surface area (Å²) < 4.78 is 2.13. The normalized spacial score (nSPS) is 10.9. The minimum atomic E-state index is 0.938. The fraction of sp³-hybridized carbons (Fsp3) is 0.913. The highest BCUT2D eigenvalue weighted by atomic mass is 32.2. The Bertz CT molecular complexity index is 348. The van der Waals surface area contributed by atoms with Gasteiger partial charge in [-0.1, -0.05) is 127 Å². The molecule has 0 unspecified atom stereocenters. The first-order valence-corrected chi connectivity index (χ1v) is 14.7. The van der Waals surface area contributed by atoms with Gasteiger partial charge in [0.15, 0.2) is 0 Å². The molecule has 0 saturated heterocycles. The van der Waals surface area contributed by atoms with Crippen LogP contribution in [0.1, 0.15) is 105 Å². The molecule has 0 aliphatic heterocycles. The number of nitrogens with zero attached hydrogens (tertiary/aromatic N) is 2. The van der Waals surface area contributed by atoms with Gasteiger partial charge in [0.25, 0.3) is 0 Å². The van der Waals surface area contributed by atoms with Crippen molar-refractivity contribution in [2.45, 2.75) is 105 Å². The van der Waals surface area contributed by atoms with Crippen LogP contribution in [0.25, 0.3) is 0 Å². The van der Waals surface area contributed by atoms with Crippen molar-refractivity contribution < 1.29 is 0 Å². The Balaban J connectivity index is 4.43. The molecule has 0 bridgehead atoms. The molecule has 6 heteroatoms. The minimum absolute atomic E-state index is 0.938. The first-order valence-electron chi connectivity index (χ1n) is 11.9. The molecule has 0 aliphatic carbocycles. The van der Waals surface area contributed by atoms with Crippen LogP contribution in [-0.2, 0) is 0 Å². The number of hydrogen-bond donors (Lipinski definition) is 0. The van der Waals surface area contributed by atoms with Crippen molar-refractivity contribution >= 4 is 56.6 Å². The highest BCUT2D eigenvalue weighted by Crippen LogP contribution is 2.21. The molecule has 0 aliphatic rings. The molecule has 29 heavy (non-hydrogen) atoms. The van der Waals surface area contributed by atoms with Crippen LogP contribution < -0.4 is 0 Å². The van der Waals surface area contributed by atoms with E-state index in [1.807, 2.05) is 23.5 Å². The van der Waals surface area contributed by atoms with Gasteiger partial charge in [-0.3, -0.25) is 0 Å². The summed E-state index contributed by atoms with van der Waals surface area (Å²) in [7, 11) is 0. The number of thiocarbonyl (C=S) groups is 2. The summed E-state index contributed by atoms with van der Waals surface area (Å²) in [6, 6.07) is 0. The lowest BCUT2D eigenvalue weighted by Crippen LogP contribution is -2.31. The summed E-state index contributed by atoms with van der Waals surface area (Å²) in [5, 5.41) is 0.938. The molecule has 0 atom stereocenters. The Hall–Kier alpha value is 0.480. The summed E-state index contributed by atoms with van der Waals surface area (Å²) in [6.07, 6.45) is 15.2. The van der Waals surface area contributed by atoms with Gasteiger partial charge in [0.2, 0.25) is 0 Å². The van der Waals surface area contributed by atoms with Gasteiger partial charge in [0, 0.05) is 26.2 Å². The van der Waals surface area contributed by atoms with E-state index in [9.17, 15) is 0 Å². The van der Waals surface area contributed by atoms with E-state index in [-0.39, 0.29) is 0 Å². The van der Waals surface area contributed by atoms with Crippen LogP contribution in [0.5, 0.6) is 0 Å². The van der Waals surface area contributed by atoms with Crippen molar-refractivity contribution in [3.05, 3.63) is 0 Å². The lowest BCUT2D eigenvalue weighted by molar-refractivity contribution is 0.402. The molecule has 0 aromatic heterocycles. The predicted molar refractivity (Wildman–Crippen MR) is 146 cm³/mol. The fourth-order valence-corrected chi connectivity index (χ4v) is 6.12. The quantitative estimate of drug-likeness (QED) is 0.110. The van der Waals surface area contributed by atoms with E-state index in [2.05, 4.69) is 37.5 Å². The molecule has 0 N–H and O–H groups in total. The second kappa shape index (κ2) is 21.7. The first-order chi connectivity index (χ1) is 14.1. The summed E-state index contributed by atoms with van der Waals surface area (Å²) in [6.45, 7) is 13.5. The van der Waals surface area contributed by atoms with Crippen LogP contribution in [0.2, 0.25) is 0 Å². The van der Waals surface area contributed by atoms with Crippen molar-refractivity contribution in [2.24, 2.45) is 0 Å². The third-order valence-corrected chi connectivity index (χ3v) is 8.18. The van der Waals surface area contributed by atoms with Crippen molar-refractivity contribution in [1.82, 2.24) is 9.80 Å². The van der Waals surface area contributed by atoms with Gasteiger partial charge in [-0.2, -0.15) is 0 Å². The smallest absolute Gasteiger partial charge is 0.137 e. The Morgan fingerprint density at radius 1 is 0.517 bits per heavy atom. The van der Waals surface area contributed by atoms with E-state index >= 15 is 0 Å². The third-order valence-electron chi connectivity index (χ3n) is 5.01. The van der Waals surface area contributed by atoms with E-state index in [4.69, 9.17) is 24.4 Å². The maximum atomic E-state index is 5.78. The number of unbranched alkanes of at least 4 members (excludes halogenated alkanes) is 8. The maximum absolute atomic E-state index is 5.78. The van der Waals surface area contributed by atoms with Gasteiger partial charge in [-0.05, 0) is 25.7 Å². The van der Waals surface area contributed by atoms with Crippen molar-refractivity contribution in [2.75, 3.05) is 31.3 Å². The van der Waals surface area contributed by atoms with Gasteiger partial charge in [-0.25, -0.2) is 0 Å². The summed E-state index contributed by atoms with van der Waals surface area (Å²) >= 11 is 15.2. The Morgan fingerprint density at radius 3 is 1.03 bits per heavy atom. The highest BCUT2D eigenvalue weighted by molar-refractivity contribution is 8.35. The van der Waals surface area contributed by atoms with Crippen LogP contribution >= 0.6 is 48.0 Å². The molecule has 0 amide bonds. The Labute approximate surface area is 201 Å². The lowest BCUT2D eigenvalue weighted by Gasteiger charge is -2.26. The van der Waals surface area contributed by atoms with Crippen LogP contribution in [0.15, 0.2) is 0 Å². The van der Waals surface area contributed by atoms with Gasteiger partial charge in [-0.15, -0.1) is 0 Å². The van der Waals surface area contributed by atoms with E-state index < -0.39 is 0 Å². The van der Waals surface area contributed by atoms with E-state index in [0.717, 1.165) is 39.9 Å². The number of hydrogen-bond acceptors (Lipinski definition) is 4.